The van der Waals surface area contributed by atoms with Crippen molar-refractivity contribution in [3.05, 3.63) is 75.1 Å². The smallest absolute Gasteiger partial charge is 0.340 e. The molecular formula is C25H26N2O5. The second-order valence-corrected chi connectivity index (χ2v) is 8.23. The summed E-state index contributed by atoms with van der Waals surface area (Å²) in [5, 5.41) is 0.668. The van der Waals surface area contributed by atoms with Crippen LogP contribution >= 0.6 is 0 Å². The van der Waals surface area contributed by atoms with E-state index in [-0.39, 0.29) is 18.1 Å². The number of hydrogen-bond acceptors (Lipinski definition) is 5. The lowest BCUT2D eigenvalue weighted by molar-refractivity contribution is -0.138. The van der Waals surface area contributed by atoms with E-state index in [2.05, 4.69) is 0 Å². The summed E-state index contributed by atoms with van der Waals surface area (Å²) in [6.07, 6.45) is 1.74. The fourth-order valence-corrected chi connectivity index (χ4v) is 4.34. The minimum atomic E-state index is -0.586. The van der Waals surface area contributed by atoms with E-state index in [0.717, 1.165) is 23.1 Å². The van der Waals surface area contributed by atoms with Gasteiger partial charge in [-0.05, 0) is 55.5 Å². The maximum absolute atomic E-state index is 12.7. The Kier molecular flexibility index (Phi) is 5.99. The molecule has 1 saturated heterocycles. The molecule has 2 N–H and O–H groups in total. The first kappa shape index (κ1) is 21.6. The van der Waals surface area contributed by atoms with Gasteiger partial charge >= 0.3 is 5.63 Å². The molecule has 2 heterocycles. The molecule has 0 spiro atoms. The van der Waals surface area contributed by atoms with Gasteiger partial charge in [0, 0.05) is 18.5 Å². The molecule has 7 heteroatoms. The largest absolute Gasteiger partial charge is 0.483 e. The van der Waals surface area contributed by atoms with E-state index in [1.807, 2.05) is 50.2 Å². The summed E-state index contributed by atoms with van der Waals surface area (Å²) >= 11 is 0. The monoisotopic (exact) mass is 434 g/mol. The van der Waals surface area contributed by atoms with Crippen molar-refractivity contribution in [3.8, 4) is 5.75 Å². The lowest BCUT2D eigenvalue weighted by Gasteiger charge is -2.22. The fraction of sp³-hybridized carbons (Fsp3) is 0.320. The first-order valence-electron chi connectivity index (χ1n) is 10.7. The van der Waals surface area contributed by atoms with Crippen molar-refractivity contribution in [2.24, 2.45) is 5.73 Å². The number of nitrogens with zero attached hydrogens (tertiary/aromatic N) is 1. The zero-order valence-corrected chi connectivity index (χ0v) is 18.2. The molecule has 3 aromatic rings. The molecule has 1 fully saturated rings. The quantitative estimate of drug-likeness (QED) is 0.601. The molecule has 166 valence electrons. The minimum absolute atomic E-state index is 0.227. The SMILES string of the molecule is Cc1cc(OCC(=O)N2CCC[C@H]2C(N)=O)c2c(C)c(Cc3ccccc3)c(=O)oc2c1. The van der Waals surface area contributed by atoms with Crippen LogP contribution in [-0.2, 0) is 16.0 Å². The Morgan fingerprint density at radius 2 is 1.94 bits per heavy atom. The highest BCUT2D eigenvalue weighted by Gasteiger charge is 2.32. The Hall–Kier alpha value is -3.61. The van der Waals surface area contributed by atoms with E-state index in [1.54, 1.807) is 6.07 Å². The van der Waals surface area contributed by atoms with Gasteiger partial charge in [0.15, 0.2) is 6.61 Å². The summed E-state index contributed by atoms with van der Waals surface area (Å²) < 4.78 is 11.6. The first-order valence-corrected chi connectivity index (χ1v) is 10.7. The van der Waals surface area contributed by atoms with Crippen LogP contribution in [-0.4, -0.2) is 35.9 Å². The number of likely N-dealkylation sites (tertiary alicyclic amines) is 1. The zero-order chi connectivity index (χ0) is 22.8. The number of ether oxygens (including phenoxy) is 1. The number of carbonyl (C=O) groups is 2. The molecule has 1 aliphatic rings. The number of rotatable bonds is 6. The molecule has 2 amide bonds. The van der Waals surface area contributed by atoms with E-state index in [9.17, 15) is 14.4 Å². The van der Waals surface area contributed by atoms with Crippen LogP contribution in [0.3, 0.4) is 0 Å². The number of benzene rings is 2. The Balaban J connectivity index is 1.66. The van der Waals surface area contributed by atoms with E-state index >= 15 is 0 Å². The Morgan fingerprint density at radius 1 is 1.19 bits per heavy atom. The van der Waals surface area contributed by atoms with Crippen molar-refractivity contribution >= 4 is 22.8 Å². The van der Waals surface area contributed by atoms with Gasteiger partial charge in [0.05, 0.1) is 5.39 Å². The summed E-state index contributed by atoms with van der Waals surface area (Å²) in [6, 6.07) is 12.7. The van der Waals surface area contributed by atoms with Crippen molar-refractivity contribution < 1.29 is 18.7 Å². The molecule has 1 aliphatic heterocycles. The third kappa shape index (κ3) is 4.23. The molecule has 1 aromatic heterocycles. The Bertz CT molecular complexity index is 1230. The van der Waals surface area contributed by atoms with E-state index in [0.29, 0.717) is 41.7 Å². The van der Waals surface area contributed by atoms with Gasteiger partial charge in [0.25, 0.3) is 5.91 Å². The second kappa shape index (κ2) is 8.86. The molecule has 2 aromatic carbocycles. The number of carbonyl (C=O) groups excluding carboxylic acids is 2. The minimum Gasteiger partial charge on any atom is -0.483 e. The first-order chi connectivity index (χ1) is 15.3. The normalized spacial score (nSPS) is 15.8. The van der Waals surface area contributed by atoms with E-state index in [1.165, 1.54) is 4.90 Å². The molecule has 7 nitrogen and oxygen atoms in total. The molecular weight excluding hydrogens is 408 g/mol. The van der Waals surface area contributed by atoms with Gasteiger partial charge in [-0.1, -0.05) is 30.3 Å². The predicted octanol–water partition coefficient (Wildman–Crippen LogP) is 2.86. The van der Waals surface area contributed by atoms with E-state index in [4.69, 9.17) is 14.9 Å². The Morgan fingerprint density at radius 3 is 2.66 bits per heavy atom. The summed E-state index contributed by atoms with van der Waals surface area (Å²) in [7, 11) is 0. The summed E-state index contributed by atoms with van der Waals surface area (Å²) in [6.45, 7) is 3.99. The van der Waals surface area contributed by atoms with Crippen LogP contribution in [0.5, 0.6) is 5.75 Å². The van der Waals surface area contributed by atoms with Gasteiger partial charge in [-0.15, -0.1) is 0 Å². The van der Waals surface area contributed by atoms with Crippen LogP contribution in [0.4, 0.5) is 0 Å². The van der Waals surface area contributed by atoms with E-state index < -0.39 is 11.9 Å². The second-order valence-electron chi connectivity index (χ2n) is 8.23. The summed E-state index contributed by atoms with van der Waals surface area (Å²) in [4.78, 5) is 38.5. The van der Waals surface area contributed by atoms with Crippen LogP contribution in [0, 0.1) is 13.8 Å². The lowest BCUT2D eigenvalue weighted by atomic mass is 9.98. The van der Waals surface area contributed by atoms with Crippen LogP contribution < -0.4 is 16.1 Å². The number of fused-ring (bicyclic) bond motifs is 1. The number of nitrogens with two attached hydrogens (primary N) is 1. The molecule has 4 rings (SSSR count). The van der Waals surface area contributed by atoms with Gasteiger partial charge < -0.3 is 19.8 Å². The Labute approximate surface area is 185 Å². The zero-order valence-electron chi connectivity index (χ0n) is 18.2. The number of aryl methyl sites for hydroxylation is 2. The van der Waals surface area contributed by atoms with Crippen LogP contribution in [0.2, 0.25) is 0 Å². The van der Waals surface area contributed by atoms with Crippen LogP contribution in [0.15, 0.2) is 51.7 Å². The third-order valence-corrected chi connectivity index (χ3v) is 5.96. The number of primary amides is 1. The van der Waals surface area contributed by atoms with Gasteiger partial charge in [-0.25, -0.2) is 4.79 Å². The standard InChI is InChI=1S/C25H26N2O5/c1-15-11-20(31-14-22(28)27-10-6-9-19(27)24(26)29)23-16(2)18(25(30)32-21(23)12-15)13-17-7-4-3-5-8-17/h3-5,7-8,11-12,19H,6,9-10,13-14H2,1-2H3,(H2,26,29)/t19-/m0/s1. The van der Waals surface area contributed by atoms with Crippen molar-refractivity contribution in [1.29, 1.82) is 0 Å². The topological polar surface area (TPSA) is 103 Å². The van der Waals surface area contributed by atoms with Gasteiger partial charge in [-0.2, -0.15) is 0 Å². The van der Waals surface area contributed by atoms with Crippen molar-refractivity contribution in [1.82, 2.24) is 4.90 Å². The highest BCUT2D eigenvalue weighted by molar-refractivity contribution is 5.90. The van der Waals surface area contributed by atoms with Gasteiger partial charge in [0.2, 0.25) is 5.91 Å². The average molecular weight is 434 g/mol. The summed E-state index contributed by atoms with van der Waals surface area (Å²) in [5.41, 5.74) is 8.62. The van der Waals surface area contributed by atoms with Gasteiger partial charge in [0.1, 0.15) is 17.4 Å². The maximum Gasteiger partial charge on any atom is 0.340 e. The average Bonchev–Trinajstić information content (AvgIpc) is 3.25. The molecule has 0 aliphatic carbocycles. The lowest BCUT2D eigenvalue weighted by Crippen LogP contribution is -2.45. The molecule has 32 heavy (non-hydrogen) atoms. The number of amides is 2. The molecule has 0 radical (unpaired) electrons. The summed E-state index contributed by atoms with van der Waals surface area (Å²) in [5.74, 6) is -0.320. The third-order valence-electron chi connectivity index (χ3n) is 5.96. The molecule has 0 bridgehead atoms. The van der Waals surface area contributed by atoms with Crippen molar-refractivity contribution in [2.45, 2.75) is 39.2 Å². The van der Waals surface area contributed by atoms with Crippen molar-refractivity contribution in [2.75, 3.05) is 13.2 Å². The van der Waals surface area contributed by atoms with Crippen LogP contribution in [0.1, 0.15) is 35.1 Å². The molecule has 0 unspecified atom stereocenters. The molecule has 0 saturated carbocycles. The maximum atomic E-state index is 12.7. The number of hydrogen-bond donors (Lipinski definition) is 1. The highest BCUT2D eigenvalue weighted by Crippen LogP contribution is 2.32. The molecule has 1 atom stereocenters. The fourth-order valence-electron chi connectivity index (χ4n) is 4.34. The predicted molar refractivity (Wildman–Crippen MR) is 121 cm³/mol. The highest BCUT2D eigenvalue weighted by atomic mass is 16.5. The van der Waals surface area contributed by atoms with Gasteiger partial charge in [-0.3, -0.25) is 9.59 Å². The van der Waals surface area contributed by atoms with Crippen LogP contribution in [0.25, 0.3) is 11.0 Å². The van der Waals surface area contributed by atoms with Crippen molar-refractivity contribution in [3.63, 3.8) is 0 Å².